The summed E-state index contributed by atoms with van der Waals surface area (Å²) < 4.78 is 2.07. The molecule has 1 aliphatic heterocycles. The van der Waals surface area contributed by atoms with Crippen molar-refractivity contribution < 1.29 is 0 Å². The van der Waals surface area contributed by atoms with Gasteiger partial charge in [0.2, 0.25) is 0 Å². The first-order valence-corrected chi connectivity index (χ1v) is 9.77. The average molecular weight is 349 g/mol. The predicted octanol–water partition coefficient (Wildman–Crippen LogP) is 3.10. The van der Waals surface area contributed by atoms with Gasteiger partial charge >= 0.3 is 0 Å². The normalized spacial score (nSPS) is 18.4. The molecule has 142 valence electrons. The third kappa shape index (κ3) is 6.33. The third-order valence-corrected chi connectivity index (χ3v) is 4.43. The minimum atomic E-state index is 0.356. The predicted molar refractivity (Wildman–Crippen MR) is 104 cm³/mol. The topological polar surface area (TPSA) is 67.1 Å². The van der Waals surface area contributed by atoms with E-state index in [1.807, 2.05) is 0 Å². The van der Waals surface area contributed by atoms with Gasteiger partial charge in [0, 0.05) is 31.5 Å². The quantitative estimate of drug-likeness (QED) is 0.471. The molecule has 0 amide bonds. The van der Waals surface area contributed by atoms with Gasteiger partial charge in [-0.15, -0.1) is 0 Å². The van der Waals surface area contributed by atoms with Crippen molar-refractivity contribution in [2.75, 3.05) is 13.1 Å². The van der Waals surface area contributed by atoms with Crippen LogP contribution in [0.4, 0.5) is 0 Å². The van der Waals surface area contributed by atoms with Crippen molar-refractivity contribution in [3.05, 3.63) is 11.6 Å². The lowest BCUT2D eigenvalue weighted by Crippen LogP contribution is -2.47. The summed E-state index contributed by atoms with van der Waals surface area (Å²) >= 11 is 0. The summed E-state index contributed by atoms with van der Waals surface area (Å²) in [6.07, 6.45) is 4.36. The van der Waals surface area contributed by atoms with Gasteiger partial charge < -0.3 is 10.6 Å². The highest BCUT2D eigenvalue weighted by atomic mass is 15.4. The van der Waals surface area contributed by atoms with Crippen LogP contribution in [0.5, 0.6) is 0 Å². The lowest BCUT2D eigenvalue weighted by Gasteiger charge is -2.25. The second-order valence-electron chi connectivity index (χ2n) is 8.53. The van der Waals surface area contributed by atoms with Crippen molar-refractivity contribution in [3.8, 4) is 0 Å². The van der Waals surface area contributed by atoms with Crippen molar-refractivity contribution in [1.29, 1.82) is 0 Å². The lowest BCUT2D eigenvalue weighted by molar-refractivity contribution is 0.367. The van der Waals surface area contributed by atoms with Crippen LogP contribution in [0.25, 0.3) is 0 Å². The molecule has 0 bridgehead atoms. The first kappa shape index (κ1) is 19.7. The smallest absolute Gasteiger partial charge is 0.191 e. The van der Waals surface area contributed by atoms with Gasteiger partial charge in [-0.3, -0.25) is 4.99 Å². The van der Waals surface area contributed by atoms with Crippen molar-refractivity contribution >= 4 is 5.96 Å². The summed E-state index contributed by atoms with van der Waals surface area (Å²) in [4.78, 5) is 9.41. The molecule has 0 saturated carbocycles. The maximum absolute atomic E-state index is 4.75. The van der Waals surface area contributed by atoms with Crippen molar-refractivity contribution in [2.45, 2.75) is 85.7 Å². The largest absolute Gasteiger partial charge is 0.357 e. The summed E-state index contributed by atoms with van der Waals surface area (Å²) in [5, 5.41) is 11.6. The molecule has 1 unspecified atom stereocenters. The Hall–Kier alpha value is -1.59. The van der Waals surface area contributed by atoms with Gasteiger partial charge in [-0.25, -0.2) is 9.67 Å². The SMILES string of the molecule is CCNC(=NCCCC(C)(C)C)NC1CCc2nc(C(C)C)nn2C1. The number of rotatable bonds is 6. The number of nitrogens with one attached hydrogen (secondary N) is 2. The lowest BCUT2D eigenvalue weighted by atomic mass is 9.91. The van der Waals surface area contributed by atoms with E-state index >= 15 is 0 Å². The Labute approximate surface area is 152 Å². The molecule has 1 atom stereocenters. The van der Waals surface area contributed by atoms with Crippen LogP contribution >= 0.6 is 0 Å². The van der Waals surface area contributed by atoms with Gasteiger partial charge in [0.05, 0.1) is 6.54 Å². The van der Waals surface area contributed by atoms with E-state index in [0.717, 1.165) is 56.5 Å². The fourth-order valence-corrected chi connectivity index (χ4v) is 3.00. The van der Waals surface area contributed by atoms with Gasteiger partial charge in [0.1, 0.15) is 5.82 Å². The zero-order valence-corrected chi connectivity index (χ0v) is 16.9. The highest BCUT2D eigenvalue weighted by Gasteiger charge is 2.23. The Bertz CT molecular complexity index is 567. The van der Waals surface area contributed by atoms with Crippen LogP contribution in [-0.2, 0) is 13.0 Å². The Morgan fingerprint density at radius 3 is 2.76 bits per heavy atom. The number of hydrogen-bond acceptors (Lipinski definition) is 3. The Morgan fingerprint density at radius 1 is 1.36 bits per heavy atom. The number of hydrogen-bond donors (Lipinski definition) is 2. The number of fused-ring (bicyclic) bond motifs is 1. The van der Waals surface area contributed by atoms with E-state index in [2.05, 4.69) is 66.9 Å². The molecule has 6 heteroatoms. The summed E-state index contributed by atoms with van der Waals surface area (Å²) in [6, 6.07) is 0.356. The van der Waals surface area contributed by atoms with Gasteiger partial charge in [0.25, 0.3) is 0 Å². The molecule has 0 aromatic carbocycles. The Kier molecular flexibility index (Phi) is 6.85. The van der Waals surface area contributed by atoms with E-state index in [9.17, 15) is 0 Å². The highest BCUT2D eigenvalue weighted by Crippen LogP contribution is 2.20. The van der Waals surface area contributed by atoms with Crippen LogP contribution in [0.2, 0.25) is 0 Å². The molecule has 0 aliphatic carbocycles. The molecule has 2 heterocycles. The van der Waals surface area contributed by atoms with E-state index < -0.39 is 0 Å². The molecule has 0 fully saturated rings. The molecular weight excluding hydrogens is 312 g/mol. The molecule has 25 heavy (non-hydrogen) atoms. The molecule has 0 spiro atoms. The molecule has 1 aromatic rings. The van der Waals surface area contributed by atoms with Gasteiger partial charge in [-0.05, 0) is 31.6 Å². The maximum Gasteiger partial charge on any atom is 0.191 e. The van der Waals surface area contributed by atoms with Gasteiger partial charge in [0.15, 0.2) is 11.8 Å². The minimum Gasteiger partial charge on any atom is -0.357 e. The van der Waals surface area contributed by atoms with E-state index in [4.69, 9.17) is 4.99 Å². The summed E-state index contributed by atoms with van der Waals surface area (Å²) in [7, 11) is 0. The van der Waals surface area contributed by atoms with Crippen molar-refractivity contribution in [3.63, 3.8) is 0 Å². The van der Waals surface area contributed by atoms with Gasteiger partial charge in [-0.1, -0.05) is 34.6 Å². The van der Waals surface area contributed by atoms with Crippen LogP contribution in [0, 0.1) is 5.41 Å². The minimum absolute atomic E-state index is 0.356. The van der Waals surface area contributed by atoms with E-state index in [-0.39, 0.29) is 0 Å². The zero-order valence-electron chi connectivity index (χ0n) is 16.9. The molecule has 2 rings (SSSR count). The maximum atomic E-state index is 4.75. The first-order valence-electron chi connectivity index (χ1n) is 9.77. The van der Waals surface area contributed by atoms with Crippen LogP contribution < -0.4 is 10.6 Å². The average Bonchev–Trinajstić information content (AvgIpc) is 2.94. The zero-order chi connectivity index (χ0) is 18.4. The van der Waals surface area contributed by atoms with E-state index in [1.165, 1.54) is 6.42 Å². The first-order chi connectivity index (χ1) is 11.8. The summed E-state index contributed by atoms with van der Waals surface area (Å²) in [5.74, 6) is 3.38. The standard InChI is InChI=1S/C19H36N6/c1-7-20-18(21-12-8-11-19(4,5)6)22-15-9-10-16-23-17(14(2)3)24-25(16)13-15/h14-15H,7-13H2,1-6H3,(H2,20,21,22). The monoisotopic (exact) mass is 348 g/mol. The van der Waals surface area contributed by atoms with E-state index in [1.54, 1.807) is 0 Å². The van der Waals surface area contributed by atoms with Crippen LogP contribution in [0.3, 0.4) is 0 Å². The molecule has 1 aromatic heterocycles. The fourth-order valence-electron chi connectivity index (χ4n) is 3.00. The van der Waals surface area contributed by atoms with Crippen molar-refractivity contribution in [1.82, 2.24) is 25.4 Å². The number of nitrogens with zero attached hydrogens (tertiary/aromatic N) is 4. The highest BCUT2D eigenvalue weighted by molar-refractivity contribution is 5.80. The second-order valence-corrected chi connectivity index (χ2v) is 8.53. The van der Waals surface area contributed by atoms with Crippen LogP contribution in [0.1, 0.15) is 78.4 Å². The Balaban J connectivity index is 1.91. The second kappa shape index (κ2) is 8.68. The number of aromatic nitrogens is 3. The summed E-state index contributed by atoms with van der Waals surface area (Å²) in [5.41, 5.74) is 0.377. The molecule has 0 radical (unpaired) electrons. The number of aliphatic imine (C=N–C) groups is 1. The van der Waals surface area contributed by atoms with E-state index in [0.29, 0.717) is 17.4 Å². The Morgan fingerprint density at radius 2 is 2.12 bits per heavy atom. The molecule has 6 nitrogen and oxygen atoms in total. The molecule has 2 N–H and O–H groups in total. The third-order valence-electron chi connectivity index (χ3n) is 4.43. The molecule has 0 saturated heterocycles. The molecular formula is C19H36N6. The summed E-state index contributed by atoms with van der Waals surface area (Å²) in [6.45, 7) is 15.8. The van der Waals surface area contributed by atoms with Crippen molar-refractivity contribution in [2.24, 2.45) is 10.4 Å². The van der Waals surface area contributed by atoms with Gasteiger partial charge in [-0.2, -0.15) is 5.10 Å². The fraction of sp³-hybridized carbons (Fsp3) is 0.842. The van der Waals surface area contributed by atoms with Crippen LogP contribution in [-0.4, -0.2) is 39.9 Å². The number of guanidine groups is 1. The van der Waals surface area contributed by atoms with Crippen LogP contribution in [0.15, 0.2) is 4.99 Å². The molecule has 1 aliphatic rings. The number of aryl methyl sites for hydroxylation is 1.